The Morgan fingerprint density at radius 2 is 2.00 bits per heavy atom. The summed E-state index contributed by atoms with van der Waals surface area (Å²) in [6.07, 6.45) is 0.00914. The number of nitrogens with one attached hydrogen (secondary N) is 1. The summed E-state index contributed by atoms with van der Waals surface area (Å²) in [6, 6.07) is 11.2. The molecule has 136 valence electrons. The minimum Gasteiger partial charge on any atom is -0.326 e. The van der Waals surface area contributed by atoms with Crippen LogP contribution in [0.25, 0.3) is 0 Å². The van der Waals surface area contributed by atoms with E-state index in [0.29, 0.717) is 22.0 Å². The number of nitrogens with zero attached hydrogens (tertiary/aromatic N) is 1. The molecule has 1 aliphatic rings. The lowest BCUT2D eigenvalue weighted by Crippen LogP contribution is -2.20. The molecule has 26 heavy (non-hydrogen) atoms. The molecule has 0 atom stereocenters. The lowest BCUT2D eigenvalue weighted by molar-refractivity contribution is -0.117. The molecule has 0 unspecified atom stereocenters. The van der Waals surface area contributed by atoms with Gasteiger partial charge in [0, 0.05) is 29.9 Å². The van der Waals surface area contributed by atoms with Crippen LogP contribution < -0.4 is 10.2 Å². The van der Waals surface area contributed by atoms with Gasteiger partial charge in [0.15, 0.2) is 9.84 Å². The Bertz CT molecular complexity index is 988. The van der Waals surface area contributed by atoms with E-state index >= 15 is 0 Å². The molecule has 0 aliphatic carbocycles. The summed E-state index contributed by atoms with van der Waals surface area (Å²) in [6.45, 7) is 0. The number of fused-ring (bicyclic) bond motifs is 1. The molecule has 8 heteroatoms. The number of halogens is 1. The van der Waals surface area contributed by atoms with Crippen LogP contribution >= 0.6 is 11.6 Å². The average Bonchev–Trinajstić information content (AvgIpc) is 2.87. The van der Waals surface area contributed by atoms with Crippen molar-refractivity contribution in [1.82, 2.24) is 0 Å². The van der Waals surface area contributed by atoms with Crippen molar-refractivity contribution in [3.8, 4) is 0 Å². The molecule has 3 rings (SSSR count). The number of hydrogen-bond donors (Lipinski definition) is 1. The number of likely N-dealkylation sites (N-methyl/N-ethyl adjacent to an activating group) is 1. The Labute approximate surface area is 156 Å². The minimum atomic E-state index is -3.63. The van der Waals surface area contributed by atoms with E-state index in [1.54, 1.807) is 37.4 Å². The van der Waals surface area contributed by atoms with E-state index < -0.39 is 15.7 Å². The highest BCUT2D eigenvalue weighted by Crippen LogP contribution is 2.30. The van der Waals surface area contributed by atoms with Crippen LogP contribution in [0, 0.1) is 0 Å². The summed E-state index contributed by atoms with van der Waals surface area (Å²) in [5.41, 5.74) is 1.91. The van der Waals surface area contributed by atoms with E-state index in [1.165, 1.54) is 17.0 Å². The van der Waals surface area contributed by atoms with Crippen LogP contribution in [0.4, 0.5) is 11.4 Å². The number of anilines is 2. The van der Waals surface area contributed by atoms with Crippen LogP contribution in [0.2, 0.25) is 5.02 Å². The van der Waals surface area contributed by atoms with Gasteiger partial charge >= 0.3 is 0 Å². The van der Waals surface area contributed by atoms with Gasteiger partial charge in [-0.3, -0.25) is 9.59 Å². The first-order chi connectivity index (χ1) is 12.3. The van der Waals surface area contributed by atoms with Crippen molar-refractivity contribution in [1.29, 1.82) is 0 Å². The van der Waals surface area contributed by atoms with Gasteiger partial charge in [0.25, 0.3) is 0 Å². The molecule has 0 bridgehead atoms. The number of benzene rings is 2. The van der Waals surface area contributed by atoms with Crippen molar-refractivity contribution in [3.05, 3.63) is 53.1 Å². The molecule has 0 spiro atoms. The SMILES string of the molecule is CN1C(=O)Cc2cc(S(=O)(=O)CCC(=O)Nc3cccc(Cl)c3)ccc21. The predicted octanol–water partition coefficient (Wildman–Crippen LogP) is 2.66. The number of sulfone groups is 1. The summed E-state index contributed by atoms with van der Waals surface area (Å²) in [5, 5.41) is 3.10. The van der Waals surface area contributed by atoms with Crippen LogP contribution in [0.5, 0.6) is 0 Å². The Morgan fingerprint density at radius 1 is 1.23 bits per heavy atom. The van der Waals surface area contributed by atoms with E-state index in [2.05, 4.69) is 5.32 Å². The highest BCUT2D eigenvalue weighted by molar-refractivity contribution is 7.91. The van der Waals surface area contributed by atoms with E-state index in [1.807, 2.05) is 0 Å². The highest BCUT2D eigenvalue weighted by Gasteiger charge is 2.26. The standard InChI is InChI=1S/C18H17ClN2O4S/c1-21-16-6-5-15(9-12(16)10-18(21)23)26(24,25)8-7-17(22)20-14-4-2-3-13(19)11-14/h2-6,9,11H,7-8,10H2,1H3,(H,20,22). The molecule has 2 amide bonds. The Kier molecular flexibility index (Phi) is 5.02. The molecular weight excluding hydrogens is 376 g/mol. The number of carbonyl (C=O) groups excluding carboxylic acids is 2. The molecule has 2 aromatic carbocycles. The molecule has 6 nitrogen and oxygen atoms in total. The first-order valence-electron chi connectivity index (χ1n) is 7.94. The van der Waals surface area contributed by atoms with Gasteiger partial charge in [-0.2, -0.15) is 0 Å². The largest absolute Gasteiger partial charge is 0.326 e. The molecule has 0 radical (unpaired) electrons. The third-order valence-corrected chi connectivity index (χ3v) is 6.14. The fourth-order valence-corrected chi connectivity index (χ4v) is 4.25. The van der Waals surface area contributed by atoms with Crippen molar-refractivity contribution in [2.75, 3.05) is 23.0 Å². The van der Waals surface area contributed by atoms with Crippen molar-refractivity contribution in [2.24, 2.45) is 0 Å². The van der Waals surface area contributed by atoms with Gasteiger partial charge in [-0.15, -0.1) is 0 Å². The molecule has 1 aliphatic heterocycles. The zero-order valence-corrected chi connectivity index (χ0v) is 15.6. The topological polar surface area (TPSA) is 83.6 Å². The lowest BCUT2D eigenvalue weighted by Gasteiger charge is -2.11. The van der Waals surface area contributed by atoms with Crippen molar-refractivity contribution >= 4 is 44.6 Å². The zero-order chi connectivity index (χ0) is 18.9. The average molecular weight is 393 g/mol. The van der Waals surface area contributed by atoms with Crippen molar-refractivity contribution in [3.63, 3.8) is 0 Å². The van der Waals surface area contributed by atoms with E-state index in [9.17, 15) is 18.0 Å². The smallest absolute Gasteiger partial charge is 0.231 e. The Hall–Kier alpha value is -2.38. The number of hydrogen-bond acceptors (Lipinski definition) is 4. The molecule has 1 heterocycles. The van der Waals surface area contributed by atoms with Crippen LogP contribution in [-0.4, -0.2) is 33.0 Å². The van der Waals surface area contributed by atoms with Crippen LogP contribution in [0.1, 0.15) is 12.0 Å². The van der Waals surface area contributed by atoms with Crippen LogP contribution in [0.3, 0.4) is 0 Å². The third kappa shape index (κ3) is 3.89. The molecule has 0 saturated heterocycles. The molecule has 0 saturated carbocycles. The quantitative estimate of drug-likeness (QED) is 0.847. The van der Waals surface area contributed by atoms with E-state index in [4.69, 9.17) is 11.6 Å². The van der Waals surface area contributed by atoms with Gasteiger partial charge in [-0.05, 0) is 42.0 Å². The number of carbonyl (C=O) groups is 2. The third-order valence-electron chi connectivity index (χ3n) is 4.19. The molecular formula is C18H17ClN2O4S. The highest BCUT2D eigenvalue weighted by atomic mass is 35.5. The maximum Gasteiger partial charge on any atom is 0.231 e. The van der Waals surface area contributed by atoms with Crippen LogP contribution in [0.15, 0.2) is 47.4 Å². The van der Waals surface area contributed by atoms with Gasteiger partial charge in [0.05, 0.1) is 17.1 Å². The molecule has 0 fully saturated rings. The first-order valence-corrected chi connectivity index (χ1v) is 9.97. The molecule has 0 aromatic heterocycles. The van der Waals surface area contributed by atoms with Gasteiger partial charge in [-0.1, -0.05) is 17.7 Å². The van der Waals surface area contributed by atoms with Gasteiger partial charge in [0.2, 0.25) is 11.8 Å². The second kappa shape index (κ2) is 7.09. The van der Waals surface area contributed by atoms with Gasteiger partial charge in [-0.25, -0.2) is 8.42 Å². The van der Waals surface area contributed by atoms with Crippen molar-refractivity contribution < 1.29 is 18.0 Å². The second-order valence-corrected chi connectivity index (χ2v) is 8.59. The zero-order valence-electron chi connectivity index (χ0n) is 14.0. The van der Waals surface area contributed by atoms with E-state index in [-0.39, 0.29) is 29.4 Å². The predicted molar refractivity (Wildman–Crippen MR) is 100 cm³/mol. The fourth-order valence-electron chi connectivity index (χ4n) is 2.77. The minimum absolute atomic E-state index is 0.0737. The first kappa shape index (κ1) is 18.4. The lowest BCUT2D eigenvalue weighted by atomic mass is 10.2. The summed E-state index contributed by atoms with van der Waals surface area (Å²) in [4.78, 5) is 25.3. The molecule has 1 N–H and O–H groups in total. The Morgan fingerprint density at radius 3 is 2.73 bits per heavy atom. The maximum absolute atomic E-state index is 12.5. The maximum atomic E-state index is 12.5. The summed E-state index contributed by atoms with van der Waals surface area (Å²) in [7, 11) is -1.97. The normalized spacial score (nSPS) is 13.6. The second-order valence-electron chi connectivity index (χ2n) is 6.05. The number of amides is 2. The number of rotatable bonds is 5. The van der Waals surface area contributed by atoms with E-state index in [0.717, 1.165) is 0 Å². The summed E-state index contributed by atoms with van der Waals surface area (Å²) < 4.78 is 25.0. The van der Waals surface area contributed by atoms with Crippen LogP contribution in [-0.2, 0) is 25.8 Å². The van der Waals surface area contributed by atoms with Gasteiger partial charge < -0.3 is 10.2 Å². The van der Waals surface area contributed by atoms with Gasteiger partial charge in [0.1, 0.15) is 0 Å². The monoisotopic (exact) mass is 392 g/mol. The Balaban J connectivity index is 1.67. The summed E-state index contributed by atoms with van der Waals surface area (Å²) in [5.74, 6) is -0.801. The van der Waals surface area contributed by atoms with Crippen molar-refractivity contribution in [2.45, 2.75) is 17.7 Å². The molecule has 2 aromatic rings. The fraction of sp³-hybridized carbons (Fsp3) is 0.222. The summed E-state index contributed by atoms with van der Waals surface area (Å²) >= 11 is 5.85.